The number of hydrogen-bond acceptors (Lipinski definition) is 2. The Morgan fingerprint density at radius 1 is 1.33 bits per heavy atom. The molecule has 1 saturated carbocycles. The molecule has 0 bridgehead atoms. The lowest BCUT2D eigenvalue weighted by Gasteiger charge is -2.35. The highest BCUT2D eigenvalue weighted by Crippen LogP contribution is 2.38. The lowest BCUT2D eigenvalue weighted by atomic mass is 9.71. The molecule has 1 aromatic carbocycles. The van der Waals surface area contributed by atoms with Crippen LogP contribution < -0.4 is 11.1 Å². The molecule has 3 nitrogen and oxygen atoms in total. The number of aryl methyl sites for hydroxylation is 1. The summed E-state index contributed by atoms with van der Waals surface area (Å²) < 4.78 is 13.5. The van der Waals surface area contributed by atoms with E-state index in [1.165, 1.54) is 12.5 Å². The third-order valence-corrected chi connectivity index (χ3v) is 4.34. The van der Waals surface area contributed by atoms with Gasteiger partial charge in [0.2, 0.25) is 5.91 Å². The van der Waals surface area contributed by atoms with Gasteiger partial charge in [-0.3, -0.25) is 4.79 Å². The van der Waals surface area contributed by atoms with Gasteiger partial charge < -0.3 is 11.1 Å². The molecule has 5 heteroatoms. The first-order valence-corrected chi connectivity index (χ1v) is 7.31. The Labute approximate surface area is 131 Å². The second-order valence-corrected chi connectivity index (χ2v) is 5.95. The zero-order valence-electron chi connectivity index (χ0n) is 12.5. The predicted molar refractivity (Wildman–Crippen MR) is 86.2 cm³/mol. The molecule has 0 spiro atoms. The maximum atomic E-state index is 13.5. The molecule has 0 radical (unpaired) electrons. The van der Waals surface area contributed by atoms with Gasteiger partial charge in [0.25, 0.3) is 0 Å². The van der Waals surface area contributed by atoms with Crippen LogP contribution in [0.3, 0.4) is 0 Å². The van der Waals surface area contributed by atoms with Crippen molar-refractivity contribution in [3.63, 3.8) is 0 Å². The predicted octanol–water partition coefficient (Wildman–Crippen LogP) is 3.79. The number of carbonyl (C=O) groups excluding carboxylic acids is 1. The van der Waals surface area contributed by atoms with Gasteiger partial charge in [0.15, 0.2) is 0 Å². The van der Waals surface area contributed by atoms with Crippen molar-refractivity contribution in [1.29, 1.82) is 0 Å². The zero-order valence-corrected chi connectivity index (χ0v) is 13.3. The Balaban J connectivity index is 0.00000220. The standard InChI is InChI=1S/C16H23FN2O.ClH/c1-12-5-6-13(9-14(12)17)19-15(20)10-16(11-18)7-3-2-4-8-16;/h5-6,9H,2-4,7-8,10-11,18H2,1H3,(H,19,20);1H. The van der Waals surface area contributed by atoms with Crippen molar-refractivity contribution in [2.24, 2.45) is 11.1 Å². The number of anilines is 1. The Hall–Kier alpha value is -1.13. The van der Waals surface area contributed by atoms with Gasteiger partial charge in [0, 0.05) is 12.1 Å². The van der Waals surface area contributed by atoms with Crippen LogP contribution in [-0.2, 0) is 4.79 Å². The van der Waals surface area contributed by atoms with Crippen LogP contribution in [0, 0.1) is 18.2 Å². The lowest BCUT2D eigenvalue weighted by molar-refractivity contribution is -0.118. The summed E-state index contributed by atoms with van der Waals surface area (Å²) in [6.45, 7) is 2.25. The minimum absolute atomic E-state index is 0. The number of nitrogens with two attached hydrogens (primary N) is 1. The molecule has 1 aliphatic rings. The van der Waals surface area contributed by atoms with Crippen LogP contribution in [-0.4, -0.2) is 12.5 Å². The van der Waals surface area contributed by atoms with Gasteiger partial charge in [-0.25, -0.2) is 4.39 Å². The average molecular weight is 315 g/mol. The Kier molecular flexibility index (Phi) is 6.62. The van der Waals surface area contributed by atoms with Gasteiger partial charge in [-0.15, -0.1) is 12.4 Å². The molecule has 0 aromatic heterocycles. The number of amides is 1. The van der Waals surface area contributed by atoms with E-state index >= 15 is 0 Å². The smallest absolute Gasteiger partial charge is 0.224 e. The zero-order chi connectivity index (χ0) is 14.6. The van der Waals surface area contributed by atoms with Crippen LogP contribution in [0.4, 0.5) is 10.1 Å². The van der Waals surface area contributed by atoms with E-state index in [0.29, 0.717) is 24.2 Å². The second kappa shape index (κ2) is 7.76. The van der Waals surface area contributed by atoms with Crippen molar-refractivity contribution in [2.45, 2.75) is 45.4 Å². The minimum Gasteiger partial charge on any atom is -0.330 e. The average Bonchev–Trinajstić information content (AvgIpc) is 2.44. The molecule has 0 atom stereocenters. The molecule has 0 unspecified atom stereocenters. The SMILES string of the molecule is Cc1ccc(NC(=O)CC2(CN)CCCCC2)cc1F.Cl. The summed E-state index contributed by atoms with van der Waals surface area (Å²) in [5, 5.41) is 2.78. The van der Waals surface area contributed by atoms with Crippen molar-refractivity contribution in [3.8, 4) is 0 Å². The molecule has 1 amide bonds. The number of rotatable bonds is 4. The van der Waals surface area contributed by atoms with E-state index in [0.717, 1.165) is 25.7 Å². The second-order valence-electron chi connectivity index (χ2n) is 5.95. The van der Waals surface area contributed by atoms with Crippen molar-refractivity contribution in [1.82, 2.24) is 0 Å². The van der Waals surface area contributed by atoms with E-state index in [9.17, 15) is 9.18 Å². The summed E-state index contributed by atoms with van der Waals surface area (Å²) in [4.78, 5) is 12.2. The van der Waals surface area contributed by atoms with Gasteiger partial charge in [-0.2, -0.15) is 0 Å². The fraction of sp³-hybridized carbons (Fsp3) is 0.562. The van der Waals surface area contributed by atoms with E-state index in [1.807, 2.05) is 0 Å². The van der Waals surface area contributed by atoms with Gasteiger partial charge in [0.1, 0.15) is 5.82 Å². The summed E-state index contributed by atoms with van der Waals surface area (Å²) in [7, 11) is 0. The normalized spacial score (nSPS) is 16.9. The number of nitrogens with one attached hydrogen (secondary N) is 1. The third-order valence-electron chi connectivity index (χ3n) is 4.34. The van der Waals surface area contributed by atoms with Crippen molar-refractivity contribution < 1.29 is 9.18 Å². The molecular weight excluding hydrogens is 291 g/mol. The van der Waals surface area contributed by atoms with Crippen LogP contribution in [0.5, 0.6) is 0 Å². The van der Waals surface area contributed by atoms with Crippen molar-refractivity contribution in [3.05, 3.63) is 29.6 Å². The van der Waals surface area contributed by atoms with E-state index in [-0.39, 0.29) is 29.5 Å². The Bertz CT molecular complexity index is 487. The molecule has 1 aliphatic carbocycles. The third kappa shape index (κ3) is 4.68. The van der Waals surface area contributed by atoms with Gasteiger partial charge in [0.05, 0.1) is 0 Å². The fourth-order valence-corrected chi connectivity index (χ4v) is 2.97. The Morgan fingerprint density at radius 2 is 2.00 bits per heavy atom. The molecule has 118 valence electrons. The summed E-state index contributed by atoms with van der Waals surface area (Å²) in [5.41, 5.74) is 6.91. The van der Waals surface area contributed by atoms with Gasteiger partial charge >= 0.3 is 0 Å². The van der Waals surface area contributed by atoms with Crippen LogP contribution >= 0.6 is 12.4 Å². The summed E-state index contributed by atoms with van der Waals surface area (Å²) in [5.74, 6) is -0.366. The molecule has 1 fully saturated rings. The molecule has 0 heterocycles. The molecule has 21 heavy (non-hydrogen) atoms. The van der Waals surface area contributed by atoms with Crippen LogP contribution in [0.2, 0.25) is 0 Å². The summed E-state index contributed by atoms with van der Waals surface area (Å²) >= 11 is 0. The molecule has 0 aliphatic heterocycles. The van der Waals surface area contributed by atoms with Crippen LogP contribution in [0.1, 0.15) is 44.1 Å². The largest absolute Gasteiger partial charge is 0.330 e. The molecule has 1 aromatic rings. The number of carbonyl (C=O) groups is 1. The van der Waals surface area contributed by atoms with Gasteiger partial charge in [-0.05, 0) is 49.4 Å². The van der Waals surface area contributed by atoms with E-state index < -0.39 is 0 Å². The van der Waals surface area contributed by atoms with Crippen molar-refractivity contribution >= 4 is 24.0 Å². The minimum atomic E-state index is -0.297. The summed E-state index contributed by atoms with van der Waals surface area (Å²) in [6, 6.07) is 4.76. The first kappa shape index (κ1) is 17.9. The van der Waals surface area contributed by atoms with E-state index in [1.54, 1.807) is 19.1 Å². The number of hydrogen-bond donors (Lipinski definition) is 2. The lowest BCUT2D eigenvalue weighted by Crippen LogP contribution is -2.36. The number of benzene rings is 1. The van der Waals surface area contributed by atoms with Crippen LogP contribution in [0.15, 0.2) is 18.2 Å². The topological polar surface area (TPSA) is 55.1 Å². The van der Waals surface area contributed by atoms with E-state index in [2.05, 4.69) is 5.32 Å². The summed E-state index contributed by atoms with van der Waals surface area (Å²) in [6.07, 6.45) is 5.97. The van der Waals surface area contributed by atoms with E-state index in [4.69, 9.17) is 5.73 Å². The highest BCUT2D eigenvalue weighted by atomic mass is 35.5. The molecule has 2 rings (SSSR count). The molecule has 3 N–H and O–H groups in total. The van der Waals surface area contributed by atoms with Gasteiger partial charge in [-0.1, -0.05) is 25.3 Å². The Morgan fingerprint density at radius 3 is 2.57 bits per heavy atom. The highest BCUT2D eigenvalue weighted by molar-refractivity contribution is 5.91. The highest BCUT2D eigenvalue weighted by Gasteiger charge is 2.32. The quantitative estimate of drug-likeness (QED) is 0.888. The first-order valence-electron chi connectivity index (χ1n) is 7.31. The van der Waals surface area contributed by atoms with Crippen LogP contribution in [0.25, 0.3) is 0 Å². The molecular formula is C16H24ClFN2O. The molecule has 0 saturated heterocycles. The van der Waals surface area contributed by atoms with Crippen molar-refractivity contribution in [2.75, 3.05) is 11.9 Å². The monoisotopic (exact) mass is 314 g/mol. The number of halogens is 2. The maximum Gasteiger partial charge on any atom is 0.224 e. The fourth-order valence-electron chi connectivity index (χ4n) is 2.97. The first-order chi connectivity index (χ1) is 9.54. The maximum absolute atomic E-state index is 13.5.